The fourth-order valence-corrected chi connectivity index (χ4v) is 2.23. The minimum atomic E-state index is 0.407. The molecule has 0 N–H and O–H groups in total. The van der Waals surface area contributed by atoms with E-state index >= 15 is 0 Å². The fourth-order valence-electron chi connectivity index (χ4n) is 1.63. The number of hydrogen-bond donors (Lipinski definition) is 0. The predicted molar refractivity (Wildman–Crippen MR) is 70.0 cm³/mol. The third kappa shape index (κ3) is 2.20. The van der Waals surface area contributed by atoms with E-state index in [0.29, 0.717) is 11.8 Å². The predicted octanol–water partition coefficient (Wildman–Crippen LogP) is 2.85. The van der Waals surface area contributed by atoms with Crippen LogP contribution in [0.4, 0.5) is 0 Å². The summed E-state index contributed by atoms with van der Waals surface area (Å²) in [4.78, 5) is 8.76. The molecule has 0 atom stereocenters. The minimum absolute atomic E-state index is 0.407. The molecule has 5 heteroatoms. The first-order valence-electron chi connectivity index (χ1n) is 5.14. The van der Waals surface area contributed by atoms with Gasteiger partial charge in [0.15, 0.2) is 0 Å². The van der Waals surface area contributed by atoms with Crippen molar-refractivity contribution in [3.63, 3.8) is 0 Å². The molecule has 2 aromatic rings. The Kier molecular flexibility index (Phi) is 3.47. The van der Waals surface area contributed by atoms with Crippen LogP contribution in [0, 0.1) is 6.92 Å². The Hall–Kier alpha value is -1.36. The normalized spacial score (nSPS) is 10.6. The Labute approximate surface area is 108 Å². The summed E-state index contributed by atoms with van der Waals surface area (Å²) in [7, 11) is 3.11. The van der Waals surface area contributed by atoms with E-state index in [-0.39, 0.29) is 0 Å². The minimum Gasteiger partial charge on any atom is -0.477 e. The number of aromatic nitrogens is 2. The molecule has 2 rings (SSSR count). The Bertz CT molecular complexity index is 558. The summed E-state index contributed by atoms with van der Waals surface area (Å²) in [6.45, 7) is 2.05. The Morgan fingerprint density at radius 1 is 1.06 bits per heavy atom. The number of alkyl halides is 1. The van der Waals surface area contributed by atoms with Gasteiger partial charge in [-0.05, 0) is 30.2 Å². The standard InChI is InChI=1S/C12H13BrN2O2/c1-7-4-9-10(5-8(7)6-13)15-12(17-3)11(14-9)16-2/h4-5H,6H2,1-3H3. The van der Waals surface area contributed by atoms with E-state index in [0.717, 1.165) is 16.4 Å². The van der Waals surface area contributed by atoms with Crippen molar-refractivity contribution in [3.8, 4) is 11.8 Å². The number of methoxy groups -OCH3 is 2. The third-order valence-electron chi connectivity index (χ3n) is 2.59. The lowest BCUT2D eigenvalue weighted by Gasteiger charge is -2.09. The van der Waals surface area contributed by atoms with Gasteiger partial charge in [0.25, 0.3) is 11.8 Å². The van der Waals surface area contributed by atoms with Crippen molar-refractivity contribution in [1.29, 1.82) is 0 Å². The average molecular weight is 297 g/mol. The Morgan fingerprint density at radius 2 is 1.59 bits per heavy atom. The highest BCUT2D eigenvalue weighted by molar-refractivity contribution is 9.08. The number of fused-ring (bicyclic) bond motifs is 1. The first-order valence-corrected chi connectivity index (χ1v) is 6.27. The highest BCUT2D eigenvalue weighted by Crippen LogP contribution is 2.27. The van der Waals surface area contributed by atoms with E-state index < -0.39 is 0 Å². The topological polar surface area (TPSA) is 44.2 Å². The zero-order chi connectivity index (χ0) is 12.4. The van der Waals surface area contributed by atoms with Gasteiger partial charge in [0, 0.05) is 5.33 Å². The van der Waals surface area contributed by atoms with E-state index in [1.54, 1.807) is 14.2 Å². The van der Waals surface area contributed by atoms with Crippen LogP contribution in [0.25, 0.3) is 11.0 Å². The van der Waals surface area contributed by atoms with E-state index in [1.807, 2.05) is 12.1 Å². The molecule has 1 aromatic heterocycles. The molecule has 0 unspecified atom stereocenters. The van der Waals surface area contributed by atoms with Crippen LogP contribution in [-0.4, -0.2) is 24.2 Å². The lowest BCUT2D eigenvalue weighted by molar-refractivity contribution is 0.334. The van der Waals surface area contributed by atoms with Crippen LogP contribution in [0.3, 0.4) is 0 Å². The molecule has 0 bridgehead atoms. The highest BCUT2D eigenvalue weighted by atomic mass is 79.9. The average Bonchev–Trinajstić information content (AvgIpc) is 2.36. The van der Waals surface area contributed by atoms with Crippen molar-refractivity contribution in [2.75, 3.05) is 14.2 Å². The summed E-state index contributed by atoms with van der Waals surface area (Å²) in [5, 5.41) is 0.796. The van der Waals surface area contributed by atoms with Crippen molar-refractivity contribution in [2.24, 2.45) is 0 Å². The molecule has 4 nitrogen and oxygen atoms in total. The number of nitrogens with zero attached hydrogens (tertiary/aromatic N) is 2. The molecule has 0 amide bonds. The van der Waals surface area contributed by atoms with Gasteiger partial charge in [-0.3, -0.25) is 0 Å². The van der Waals surface area contributed by atoms with Crippen LogP contribution < -0.4 is 9.47 Å². The van der Waals surface area contributed by atoms with Crippen molar-refractivity contribution in [1.82, 2.24) is 9.97 Å². The maximum Gasteiger partial charge on any atom is 0.278 e. The van der Waals surface area contributed by atoms with Gasteiger partial charge in [-0.15, -0.1) is 0 Å². The summed E-state index contributed by atoms with van der Waals surface area (Å²) in [5.41, 5.74) is 3.99. The molecule has 0 aliphatic heterocycles. The van der Waals surface area contributed by atoms with E-state index in [1.165, 1.54) is 11.1 Å². The number of benzene rings is 1. The van der Waals surface area contributed by atoms with Crippen LogP contribution in [-0.2, 0) is 5.33 Å². The van der Waals surface area contributed by atoms with Crippen LogP contribution in [0.15, 0.2) is 12.1 Å². The number of rotatable bonds is 3. The Morgan fingerprint density at radius 3 is 2.06 bits per heavy atom. The summed E-state index contributed by atoms with van der Waals surface area (Å²) in [6, 6.07) is 4.01. The monoisotopic (exact) mass is 296 g/mol. The summed E-state index contributed by atoms with van der Waals surface area (Å²) in [5.74, 6) is 0.815. The van der Waals surface area contributed by atoms with Gasteiger partial charge < -0.3 is 9.47 Å². The van der Waals surface area contributed by atoms with Crippen molar-refractivity contribution < 1.29 is 9.47 Å². The molecule has 0 saturated heterocycles. The second-order valence-corrected chi connectivity index (χ2v) is 4.20. The molecule has 90 valence electrons. The SMILES string of the molecule is COc1nc2cc(C)c(CBr)cc2nc1OC. The largest absolute Gasteiger partial charge is 0.477 e. The second-order valence-electron chi connectivity index (χ2n) is 3.64. The highest BCUT2D eigenvalue weighted by Gasteiger charge is 2.11. The lowest BCUT2D eigenvalue weighted by atomic mass is 10.1. The van der Waals surface area contributed by atoms with Gasteiger partial charge in [-0.25, -0.2) is 9.97 Å². The second kappa shape index (κ2) is 4.87. The van der Waals surface area contributed by atoms with Crippen molar-refractivity contribution >= 4 is 27.0 Å². The van der Waals surface area contributed by atoms with Crippen LogP contribution >= 0.6 is 15.9 Å². The van der Waals surface area contributed by atoms with E-state index in [4.69, 9.17) is 9.47 Å². The quantitative estimate of drug-likeness (QED) is 0.817. The maximum atomic E-state index is 5.14. The number of hydrogen-bond acceptors (Lipinski definition) is 4. The van der Waals surface area contributed by atoms with Gasteiger partial charge in [-0.1, -0.05) is 15.9 Å². The fraction of sp³-hybridized carbons (Fsp3) is 0.333. The number of halogens is 1. The van der Waals surface area contributed by atoms with Gasteiger partial charge in [-0.2, -0.15) is 0 Å². The Balaban J connectivity index is 2.70. The molecule has 1 aromatic carbocycles. The summed E-state index contributed by atoms with van der Waals surface area (Å²) < 4.78 is 10.3. The molecule has 0 saturated carbocycles. The van der Waals surface area contributed by atoms with Crippen molar-refractivity contribution in [2.45, 2.75) is 12.3 Å². The van der Waals surface area contributed by atoms with Gasteiger partial charge >= 0.3 is 0 Å². The van der Waals surface area contributed by atoms with Crippen LogP contribution in [0.2, 0.25) is 0 Å². The molecule has 1 heterocycles. The molecule has 17 heavy (non-hydrogen) atoms. The third-order valence-corrected chi connectivity index (χ3v) is 3.19. The molecule has 0 fully saturated rings. The molecular formula is C12H13BrN2O2. The first-order chi connectivity index (χ1) is 8.19. The molecule has 0 aliphatic rings. The zero-order valence-corrected chi connectivity index (χ0v) is 11.5. The molecular weight excluding hydrogens is 284 g/mol. The smallest absolute Gasteiger partial charge is 0.278 e. The van der Waals surface area contributed by atoms with Gasteiger partial charge in [0.05, 0.1) is 25.3 Å². The number of ether oxygens (including phenoxy) is 2. The lowest BCUT2D eigenvalue weighted by Crippen LogP contribution is -1.98. The molecule has 0 spiro atoms. The molecule has 0 radical (unpaired) electrons. The zero-order valence-electron chi connectivity index (χ0n) is 9.95. The first kappa shape index (κ1) is 12.1. The number of aryl methyl sites for hydroxylation is 1. The maximum absolute atomic E-state index is 5.14. The van der Waals surface area contributed by atoms with Gasteiger partial charge in [0.1, 0.15) is 0 Å². The van der Waals surface area contributed by atoms with Crippen LogP contribution in [0.1, 0.15) is 11.1 Å². The molecule has 0 aliphatic carbocycles. The summed E-state index contributed by atoms with van der Waals surface area (Å²) >= 11 is 3.45. The van der Waals surface area contributed by atoms with Gasteiger partial charge in [0.2, 0.25) is 0 Å². The van der Waals surface area contributed by atoms with Crippen molar-refractivity contribution in [3.05, 3.63) is 23.3 Å². The van der Waals surface area contributed by atoms with Crippen LogP contribution in [0.5, 0.6) is 11.8 Å². The summed E-state index contributed by atoms with van der Waals surface area (Å²) in [6.07, 6.45) is 0. The van der Waals surface area contributed by atoms with E-state index in [2.05, 4.69) is 32.8 Å². The van der Waals surface area contributed by atoms with E-state index in [9.17, 15) is 0 Å².